The van der Waals surface area contributed by atoms with E-state index < -0.39 is 0 Å². The van der Waals surface area contributed by atoms with Crippen molar-refractivity contribution >= 4 is 17.2 Å². The molecule has 0 saturated carbocycles. The van der Waals surface area contributed by atoms with Gasteiger partial charge in [0.1, 0.15) is 10.7 Å². The topological polar surface area (TPSA) is 56.7 Å². The van der Waals surface area contributed by atoms with Crippen LogP contribution in [0.2, 0.25) is 0 Å². The molecule has 0 aliphatic heterocycles. The smallest absolute Gasteiger partial charge is 0.124 e. The van der Waals surface area contributed by atoms with Crippen LogP contribution in [0.5, 0.6) is 0 Å². The van der Waals surface area contributed by atoms with Crippen LogP contribution in [0, 0.1) is 13.8 Å². The fourth-order valence-corrected chi connectivity index (χ4v) is 1.79. The van der Waals surface area contributed by atoms with Gasteiger partial charge < -0.3 is 5.73 Å². The molecule has 0 spiro atoms. The molecular weight excluding hydrogens is 220 g/mol. The summed E-state index contributed by atoms with van der Waals surface area (Å²) in [5.74, 6) is 0. The van der Waals surface area contributed by atoms with Crippen molar-refractivity contribution < 1.29 is 0 Å². The van der Waals surface area contributed by atoms with Crippen molar-refractivity contribution in [3.8, 4) is 5.69 Å². The Morgan fingerprint density at radius 3 is 2.75 bits per heavy atom. The van der Waals surface area contributed by atoms with Gasteiger partial charge in [0.15, 0.2) is 0 Å². The number of pyridine rings is 1. The molecule has 0 aliphatic rings. The number of thiocarbonyl (C=S) groups is 1. The van der Waals surface area contributed by atoms with E-state index in [0.717, 1.165) is 17.1 Å². The fourth-order valence-electron chi connectivity index (χ4n) is 1.63. The lowest BCUT2D eigenvalue weighted by Crippen LogP contribution is -2.16. The lowest BCUT2D eigenvalue weighted by Gasteiger charge is -2.08. The predicted octanol–water partition coefficient (Wildman–Crippen LogP) is 1.52. The molecule has 0 amide bonds. The van der Waals surface area contributed by atoms with Crippen LogP contribution >= 0.6 is 12.2 Å². The van der Waals surface area contributed by atoms with Crippen molar-refractivity contribution in [2.45, 2.75) is 13.8 Å². The Balaban J connectivity index is 2.64. The lowest BCUT2D eigenvalue weighted by atomic mass is 10.3. The Morgan fingerprint density at radius 1 is 1.44 bits per heavy atom. The van der Waals surface area contributed by atoms with Crippen LogP contribution in [0.3, 0.4) is 0 Å². The van der Waals surface area contributed by atoms with Crippen molar-refractivity contribution in [1.82, 2.24) is 14.8 Å². The molecule has 82 valence electrons. The van der Waals surface area contributed by atoms with Gasteiger partial charge >= 0.3 is 0 Å². The molecule has 16 heavy (non-hydrogen) atoms. The van der Waals surface area contributed by atoms with Crippen LogP contribution in [0.25, 0.3) is 5.69 Å². The third-order valence-corrected chi connectivity index (χ3v) is 2.45. The molecular formula is C11H12N4S. The van der Waals surface area contributed by atoms with Crippen molar-refractivity contribution in [2.75, 3.05) is 0 Å². The SMILES string of the molecule is Cc1cc(C)n(-c2cccnc2C(N)=S)n1. The molecule has 0 fully saturated rings. The van der Waals surface area contributed by atoms with Gasteiger partial charge in [0.2, 0.25) is 0 Å². The molecule has 4 nitrogen and oxygen atoms in total. The predicted molar refractivity (Wildman–Crippen MR) is 66.7 cm³/mol. The molecule has 2 heterocycles. The minimum Gasteiger partial charge on any atom is -0.388 e. The first-order chi connectivity index (χ1) is 7.59. The first kappa shape index (κ1) is 10.8. The summed E-state index contributed by atoms with van der Waals surface area (Å²) in [5.41, 5.74) is 9.04. The van der Waals surface area contributed by atoms with Gasteiger partial charge in [-0.15, -0.1) is 0 Å². The number of hydrogen-bond acceptors (Lipinski definition) is 3. The zero-order valence-electron chi connectivity index (χ0n) is 9.14. The molecule has 2 rings (SSSR count). The van der Waals surface area contributed by atoms with E-state index in [2.05, 4.69) is 10.1 Å². The summed E-state index contributed by atoms with van der Waals surface area (Å²) < 4.78 is 1.80. The highest BCUT2D eigenvalue weighted by Gasteiger charge is 2.11. The number of aryl methyl sites for hydroxylation is 2. The van der Waals surface area contributed by atoms with Gasteiger partial charge in [0, 0.05) is 11.9 Å². The number of hydrogen-bond donors (Lipinski definition) is 1. The Morgan fingerprint density at radius 2 is 2.19 bits per heavy atom. The lowest BCUT2D eigenvalue weighted by molar-refractivity contribution is 0.826. The fraction of sp³-hybridized carbons (Fsp3) is 0.182. The zero-order chi connectivity index (χ0) is 11.7. The summed E-state index contributed by atoms with van der Waals surface area (Å²) in [6, 6.07) is 5.74. The molecule has 2 aromatic rings. The Bertz CT molecular complexity index is 545. The van der Waals surface area contributed by atoms with Gasteiger partial charge in [0.25, 0.3) is 0 Å². The third-order valence-electron chi connectivity index (χ3n) is 2.26. The van der Waals surface area contributed by atoms with E-state index in [1.807, 2.05) is 32.0 Å². The zero-order valence-corrected chi connectivity index (χ0v) is 9.95. The van der Waals surface area contributed by atoms with Crippen molar-refractivity contribution in [1.29, 1.82) is 0 Å². The van der Waals surface area contributed by atoms with E-state index in [1.54, 1.807) is 10.9 Å². The van der Waals surface area contributed by atoms with Crippen LogP contribution in [-0.2, 0) is 0 Å². The van der Waals surface area contributed by atoms with Crippen LogP contribution < -0.4 is 5.73 Å². The summed E-state index contributed by atoms with van der Waals surface area (Å²) in [7, 11) is 0. The standard InChI is InChI=1S/C11H12N4S/c1-7-6-8(2)15(14-7)9-4-3-5-13-10(9)11(12)16/h3-6H,1-2H3,(H2,12,16). The molecule has 0 aromatic carbocycles. The van der Waals surface area contributed by atoms with Crippen molar-refractivity contribution in [2.24, 2.45) is 5.73 Å². The highest BCUT2D eigenvalue weighted by Crippen LogP contribution is 2.14. The summed E-state index contributed by atoms with van der Waals surface area (Å²) >= 11 is 4.97. The van der Waals surface area contributed by atoms with E-state index in [-0.39, 0.29) is 4.99 Å². The van der Waals surface area contributed by atoms with Gasteiger partial charge in [-0.25, -0.2) is 4.68 Å². The van der Waals surface area contributed by atoms with Crippen molar-refractivity contribution in [3.63, 3.8) is 0 Å². The van der Waals surface area contributed by atoms with Gasteiger partial charge in [-0.1, -0.05) is 12.2 Å². The van der Waals surface area contributed by atoms with Crippen LogP contribution in [-0.4, -0.2) is 19.8 Å². The molecule has 0 aliphatic carbocycles. The van der Waals surface area contributed by atoms with E-state index in [1.165, 1.54) is 0 Å². The highest BCUT2D eigenvalue weighted by molar-refractivity contribution is 7.80. The van der Waals surface area contributed by atoms with Gasteiger partial charge in [-0.05, 0) is 32.0 Å². The van der Waals surface area contributed by atoms with E-state index in [0.29, 0.717) is 5.69 Å². The second-order valence-electron chi connectivity index (χ2n) is 3.57. The molecule has 5 heteroatoms. The van der Waals surface area contributed by atoms with E-state index >= 15 is 0 Å². The third kappa shape index (κ3) is 1.81. The van der Waals surface area contributed by atoms with Gasteiger partial charge in [-0.2, -0.15) is 5.10 Å². The van der Waals surface area contributed by atoms with Gasteiger partial charge in [0.05, 0.1) is 11.4 Å². The second-order valence-corrected chi connectivity index (χ2v) is 4.01. The molecule has 0 bridgehead atoms. The van der Waals surface area contributed by atoms with Crippen LogP contribution in [0.1, 0.15) is 17.1 Å². The maximum atomic E-state index is 5.64. The van der Waals surface area contributed by atoms with Crippen LogP contribution in [0.4, 0.5) is 0 Å². The summed E-state index contributed by atoms with van der Waals surface area (Å²) in [4.78, 5) is 4.46. The summed E-state index contributed by atoms with van der Waals surface area (Å²) in [6.45, 7) is 3.93. The Labute approximate surface area is 99.1 Å². The average molecular weight is 232 g/mol. The number of nitrogens with two attached hydrogens (primary N) is 1. The Hall–Kier alpha value is -1.75. The average Bonchev–Trinajstić information content (AvgIpc) is 2.57. The summed E-state index contributed by atoms with van der Waals surface area (Å²) in [5, 5.41) is 4.38. The first-order valence-corrected chi connectivity index (χ1v) is 5.29. The molecule has 0 atom stereocenters. The quantitative estimate of drug-likeness (QED) is 0.798. The number of nitrogens with zero attached hydrogens (tertiary/aromatic N) is 3. The monoisotopic (exact) mass is 232 g/mol. The number of aromatic nitrogens is 3. The maximum absolute atomic E-state index is 5.64. The Kier molecular flexibility index (Phi) is 2.70. The minimum absolute atomic E-state index is 0.281. The molecule has 2 N–H and O–H groups in total. The molecule has 0 radical (unpaired) electrons. The maximum Gasteiger partial charge on any atom is 0.124 e. The molecule has 0 unspecified atom stereocenters. The number of rotatable bonds is 2. The molecule has 0 saturated heterocycles. The van der Waals surface area contributed by atoms with Crippen LogP contribution in [0.15, 0.2) is 24.4 Å². The van der Waals surface area contributed by atoms with Gasteiger partial charge in [-0.3, -0.25) is 4.98 Å². The van der Waals surface area contributed by atoms with Crippen molar-refractivity contribution in [3.05, 3.63) is 41.5 Å². The van der Waals surface area contributed by atoms with E-state index in [4.69, 9.17) is 18.0 Å². The second kappa shape index (κ2) is 4.02. The largest absolute Gasteiger partial charge is 0.388 e. The van der Waals surface area contributed by atoms with E-state index in [9.17, 15) is 0 Å². The first-order valence-electron chi connectivity index (χ1n) is 4.88. The normalized spacial score (nSPS) is 10.4. The summed E-state index contributed by atoms with van der Waals surface area (Å²) in [6.07, 6.45) is 1.67. The highest BCUT2D eigenvalue weighted by atomic mass is 32.1. The molecule has 2 aromatic heterocycles. The minimum atomic E-state index is 0.281.